The molecule has 0 aliphatic heterocycles. The number of carbonyl (C=O) groups excluding carboxylic acids is 1. The van der Waals surface area contributed by atoms with Gasteiger partial charge in [0, 0.05) is 18.4 Å². The molecule has 1 aromatic rings. The summed E-state index contributed by atoms with van der Waals surface area (Å²) >= 11 is 0. The van der Waals surface area contributed by atoms with Crippen LogP contribution < -0.4 is 4.74 Å². The largest absolute Gasteiger partial charge is 0.490 e. The first-order chi connectivity index (χ1) is 7.63. The first kappa shape index (κ1) is 10.6. The zero-order valence-electron chi connectivity index (χ0n) is 8.86. The maximum absolute atomic E-state index is 11.3. The molecule has 0 spiro atoms. The zero-order valence-corrected chi connectivity index (χ0v) is 8.86. The molecule has 1 aliphatic rings. The van der Waals surface area contributed by atoms with Gasteiger partial charge in [-0.3, -0.25) is 14.9 Å². The minimum atomic E-state index is -0.437. The van der Waals surface area contributed by atoms with Crippen molar-refractivity contribution in [3.63, 3.8) is 0 Å². The summed E-state index contributed by atoms with van der Waals surface area (Å²) in [4.78, 5) is 21.8. The summed E-state index contributed by atoms with van der Waals surface area (Å²) in [5.41, 5.74) is 1.40. The highest BCUT2D eigenvalue weighted by Gasteiger charge is 2.27. The van der Waals surface area contributed by atoms with E-state index >= 15 is 0 Å². The van der Waals surface area contributed by atoms with Crippen LogP contribution in [0.3, 0.4) is 0 Å². The second-order valence-electron chi connectivity index (χ2n) is 3.73. The normalized spacial score (nSPS) is 14.4. The molecule has 16 heavy (non-hydrogen) atoms. The molecule has 1 aromatic carbocycles. The first-order valence-corrected chi connectivity index (χ1v) is 4.98. The van der Waals surface area contributed by atoms with Crippen molar-refractivity contribution in [3.05, 3.63) is 33.4 Å². The smallest absolute Gasteiger partial charge is 0.314 e. The van der Waals surface area contributed by atoms with Crippen LogP contribution in [0.1, 0.15) is 17.5 Å². The minimum Gasteiger partial charge on any atom is -0.490 e. The predicted octanol–water partition coefficient (Wildman–Crippen LogP) is 1.66. The Kier molecular flexibility index (Phi) is 2.60. The fourth-order valence-corrected chi connectivity index (χ4v) is 2.03. The molecular formula is C11H11NO4. The van der Waals surface area contributed by atoms with E-state index in [4.69, 9.17) is 4.74 Å². The SMILES string of the molecule is COc1ccc2c(c1[N+](=O)[O-])CCC(=O)C2. The molecule has 0 aromatic heterocycles. The van der Waals surface area contributed by atoms with Crippen molar-refractivity contribution in [2.24, 2.45) is 0 Å². The Morgan fingerprint density at radius 2 is 2.12 bits per heavy atom. The van der Waals surface area contributed by atoms with E-state index in [2.05, 4.69) is 0 Å². The van der Waals surface area contributed by atoms with Crippen molar-refractivity contribution in [2.75, 3.05) is 7.11 Å². The lowest BCUT2D eigenvalue weighted by atomic mass is 9.89. The third-order valence-electron chi connectivity index (χ3n) is 2.79. The molecular weight excluding hydrogens is 210 g/mol. The van der Waals surface area contributed by atoms with Gasteiger partial charge >= 0.3 is 5.69 Å². The summed E-state index contributed by atoms with van der Waals surface area (Å²) in [6.07, 6.45) is 1.10. The maximum atomic E-state index is 11.3. The topological polar surface area (TPSA) is 69.4 Å². The number of fused-ring (bicyclic) bond motifs is 1. The van der Waals surface area contributed by atoms with Crippen LogP contribution in [-0.2, 0) is 17.6 Å². The van der Waals surface area contributed by atoms with E-state index in [0.717, 1.165) is 5.56 Å². The molecule has 0 radical (unpaired) electrons. The van der Waals surface area contributed by atoms with Crippen LogP contribution in [0.4, 0.5) is 5.69 Å². The van der Waals surface area contributed by atoms with Crippen LogP contribution in [0.15, 0.2) is 12.1 Å². The Morgan fingerprint density at radius 3 is 2.75 bits per heavy atom. The quantitative estimate of drug-likeness (QED) is 0.562. The van der Waals surface area contributed by atoms with E-state index in [1.54, 1.807) is 12.1 Å². The molecule has 0 saturated carbocycles. The van der Waals surface area contributed by atoms with Crippen molar-refractivity contribution >= 4 is 11.5 Å². The summed E-state index contributed by atoms with van der Waals surface area (Å²) in [7, 11) is 1.41. The van der Waals surface area contributed by atoms with Crippen molar-refractivity contribution in [1.82, 2.24) is 0 Å². The van der Waals surface area contributed by atoms with Crippen LogP contribution in [0.2, 0.25) is 0 Å². The van der Waals surface area contributed by atoms with Crippen molar-refractivity contribution in [1.29, 1.82) is 0 Å². The Morgan fingerprint density at radius 1 is 1.38 bits per heavy atom. The summed E-state index contributed by atoms with van der Waals surface area (Å²) in [6.45, 7) is 0. The predicted molar refractivity (Wildman–Crippen MR) is 56.7 cm³/mol. The average Bonchev–Trinajstić information content (AvgIpc) is 2.26. The molecule has 0 N–H and O–H groups in total. The van der Waals surface area contributed by atoms with Crippen LogP contribution in [0.25, 0.3) is 0 Å². The van der Waals surface area contributed by atoms with E-state index in [1.165, 1.54) is 7.11 Å². The minimum absolute atomic E-state index is 0.00694. The molecule has 2 rings (SSSR count). The zero-order chi connectivity index (χ0) is 11.7. The number of ether oxygens (including phenoxy) is 1. The fraction of sp³-hybridized carbons (Fsp3) is 0.364. The number of hydrogen-bond donors (Lipinski definition) is 0. The Hall–Kier alpha value is -1.91. The van der Waals surface area contributed by atoms with Crippen LogP contribution in [0.5, 0.6) is 5.75 Å². The highest BCUT2D eigenvalue weighted by molar-refractivity contribution is 5.84. The molecule has 0 bridgehead atoms. The molecule has 0 saturated heterocycles. The van der Waals surface area contributed by atoms with E-state index in [1.807, 2.05) is 0 Å². The fourth-order valence-electron chi connectivity index (χ4n) is 2.03. The third kappa shape index (κ3) is 1.64. The summed E-state index contributed by atoms with van der Waals surface area (Å²) in [6, 6.07) is 3.29. The van der Waals surface area contributed by atoms with Crippen molar-refractivity contribution in [3.8, 4) is 5.75 Å². The second kappa shape index (κ2) is 3.92. The highest BCUT2D eigenvalue weighted by atomic mass is 16.6. The van der Waals surface area contributed by atoms with Gasteiger partial charge in [0.05, 0.1) is 12.0 Å². The number of Topliss-reactive ketones (excluding diaryl/α,β-unsaturated/α-hetero) is 1. The molecule has 0 amide bonds. The van der Waals surface area contributed by atoms with Gasteiger partial charge in [-0.15, -0.1) is 0 Å². The number of carbonyl (C=O) groups is 1. The van der Waals surface area contributed by atoms with Gasteiger partial charge in [0.2, 0.25) is 0 Å². The number of nitro groups is 1. The molecule has 5 nitrogen and oxygen atoms in total. The molecule has 0 atom stereocenters. The van der Waals surface area contributed by atoms with E-state index < -0.39 is 4.92 Å². The maximum Gasteiger partial charge on any atom is 0.314 e. The van der Waals surface area contributed by atoms with Crippen molar-refractivity contribution < 1.29 is 14.5 Å². The second-order valence-corrected chi connectivity index (χ2v) is 3.73. The van der Waals surface area contributed by atoms with Crippen LogP contribution in [0, 0.1) is 10.1 Å². The molecule has 0 unspecified atom stereocenters. The van der Waals surface area contributed by atoms with Gasteiger partial charge in [0.25, 0.3) is 0 Å². The van der Waals surface area contributed by atoms with Crippen LogP contribution in [-0.4, -0.2) is 17.8 Å². The molecule has 0 fully saturated rings. The van der Waals surface area contributed by atoms with Crippen LogP contribution >= 0.6 is 0 Å². The molecule has 0 heterocycles. The van der Waals surface area contributed by atoms with Gasteiger partial charge in [-0.05, 0) is 18.1 Å². The number of methoxy groups -OCH3 is 1. The van der Waals surface area contributed by atoms with E-state index in [9.17, 15) is 14.9 Å². The third-order valence-corrected chi connectivity index (χ3v) is 2.79. The number of hydrogen-bond acceptors (Lipinski definition) is 4. The summed E-state index contributed by atoms with van der Waals surface area (Å²) in [5.74, 6) is 0.394. The molecule has 84 valence electrons. The van der Waals surface area contributed by atoms with E-state index in [-0.39, 0.29) is 17.2 Å². The number of ketones is 1. The highest BCUT2D eigenvalue weighted by Crippen LogP contribution is 2.36. The lowest BCUT2D eigenvalue weighted by Crippen LogP contribution is -2.15. The van der Waals surface area contributed by atoms with Gasteiger partial charge in [-0.2, -0.15) is 0 Å². The Bertz CT molecular complexity index is 467. The molecule has 5 heteroatoms. The summed E-state index contributed by atoms with van der Waals surface area (Å²) in [5, 5.41) is 11.0. The lowest BCUT2D eigenvalue weighted by Gasteiger charge is -2.15. The number of rotatable bonds is 2. The number of nitrogens with zero attached hydrogens (tertiary/aromatic N) is 1. The lowest BCUT2D eigenvalue weighted by molar-refractivity contribution is -0.386. The molecule has 1 aliphatic carbocycles. The van der Waals surface area contributed by atoms with Gasteiger partial charge in [0.1, 0.15) is 5.78 Å². The standard InChI is InChI=1S/C11H11NO4/c1-16-10-5-2-7-6-8(13)3-4-9(7)11(10)12(14)15/h2,5H,3-4,6H2,1H3. The van der Waals surface area contributed by atoms with E-state index in [0.29, 0.717) is 24.8 Å². The van der Waals surface area contributed by atoms with Gasteiger partial charge < -0.3 is 4.74 Å². The van der Waals surface area contributed by atoms with Gasteiger partial charge in [0.15, 0.2) is 5.75 Å². The van der Waals surface area contributed by atoms with Gasteiger partial charge in [-0.1, -0.05) is 6.07 Å². The Labute approximate surface area is 92.2 Å². The first-order valence-electron chi connectivity index (χ1n) is 4.98. The van der Waals surface area contributed by atoms with Crippen molar-refractivity contribution in [2.45, 2.75) is 19.3 Å². The average molecular weight is 221 g/mol. The number of benzene rings is 1. The summed E-state index contributed by atoms with van der Waals surface area (Å²) < 4.78 is 4.97. The monoisotopic (exact) mass is 221 g/mol. The number of nitro benzene ring substituents is 1. The van der Waals surface area contributed by atoms with Gasteiger partial charge in [-0.25, -0.2) is 0 Å². The Balaban J connectivity index is 2.59.